The molecule has 2 rings (SSSR count). The van der Waals surface area contributed by atoms with Gasteiger partial charge in [-0.3, -0.25) is 10.1 Å². The molecule has 0 aliphatic heterocycles. The van der Waals surface area contributed by atoms with Crippen molar-refractivity contribution in [2.24, 2.45) is 0 Å². The van der Waals surface area contributed by atoms with Gasteiger partial charge >= 0.3 is 6.03 Å². The van der Waals surface area contributed by atoms with Gasteiger partial charge in [-0.15, -0.1) is 0 Å². The molecule has 0 saturated carbocycles. The van der Waals surface area contributed by atoms with Crippen molar-refractivity contribution < 1.29 is 9.72 Å². The summed E-state index contributed by atoms with van der Waals surface area (Å²) in [5.74, 6) is 0. The number of anilines is 2. The lowest BCUT2D eigenvalue weighted by Crippen LogP contribution is -2.20. The Morgan fingerprint density at radius 3 is 2.43 bits per heavy atom. The van der Waals surface area contributed by atoms with E-state index in [0.717, 1.165) is 5.56 Å². The quantitative estimate of drug-likeness (QED) is 0.658. The van der Waals surface area contributed by atoms with Gasteiger partial charge in [-0.25, -0.2) is 4.79 Å². The molecule has 2 aromatic carbocycles. The van der Waals surface area contributed by atoms with E-state index in [1.54, 1.807) is 37.3 Å². The maximum absolute atomic E-state index is 11.9. The molecule has 21 heavy (non-hydrogen) atoms. The number of nitrogens with zero attached hydrogens (tertiary/aromatic N) is 1. The highest BCUT2D eigenvalue weighted by atomic mass is 35.5. The van der Waals surface area contributed by atoms with Crippen LogP contribution in [-0.2, 0) is 0 Å². The van der Waals surface area contributed by atoms with Crippen LogP contribution in [0.2, 0.25) is 5.02 Å². The number of benzene rings is 2. The van der Waals surface area contributed by atoms with Crippen LogP contribution in [0.3, 0.4) is 0 Å². The number of rotatable bonds is 3. The lowest BCUT2D eigenvalue weighted by molar-refractivity contribution is -0.384. The fraction of sp³-hybridized carbons (Fsp3) is 0.0714. The largest absolute Gasteiger partial charge is 0.323 e. The van der Waals surface area contributed by atoms with E-state index in [9.17, 15) is 14.9 Å². The van der Waals surface area contributed by atoms with Gasteiger partial charge < -0.3 is 10.6 Å². The number of aryl methyl sites for hydroxylation is 1. The second-order valence-corrected chi connectivity index (χ2v) is 4.78. The van der Waals surface area contributed by atoms with Crippen LogP contribution in [0.25, 0.3) is 0 Å². The maximum atomic E-state index is 11.9. The number of nitrogens with one attached hydrogen (secondary N) is 2. The smallest absolute Gasteiger partial charge is 0.308 e. The fourth-order valence-electron chi connectivity index (χ4n) is 1.68. The predicted molar refractivity (Wildman–Crippen MR) is 81.9 cm³/mol. The highest BCUT2D eigenvalue weighted by Crippen LogP contribution is 2.22. The minimum atomic E-state index is -0.512. The molecule has 0 aromatic heterocycles. The van der Waals surface area contributed by atoms with Gasteiger partial charge in [-0.2, -0.15) is 0 Å². The number of amides is 2. The minimum absolute atomic E-state index is 0.0811. The van der Waals surface area contributed by atoms with Crippen LogP contribution in [0.5, 0.6) is 0 Å². The molecule has 0 saturated heterocycles. The Morgan fingerprint density at radius 1 is 1.14 bits per heavy atom. The molecule has 0 atom stereocenters. The van der Waals surface area contributed by atoms with Crippen molar-refractivity contribution in [1.82, 2.24) is 0 Å². The van der Waals surface area contributed by atoms with Crippen LogP contribution in [0.1, 0.15) is 5.56 Å². The highest BCUT2D eigenvalue weighted by Gasteiger charge is 2.11. The lowest BCUT2D eigenvalue weighted by Gasteiger charge is -2.09. The average molecular weight is 306 g/mol. The van der Waals surface area contributed by atoms with Gasteiger partial charge in [0, 0.05) is 22.8 Å². The molecule has 0 heterocycles. The summed E-state index contributed by atoms with van der Waals surface area (Å²) in [6.45, 7) is 1.75. The third-order valence-electron chi connectivity index (χ3n) is 2.78. The van der Waals surface area contributed by atoms with Gasteiger partial charge in [0.15, 0.2) is 0 Å². The molecule has 0 bridgehead atoms. The number of nitro groups is 1. The van der Waals surface area contributed by atoms with Crippen LogP contribution < -0.4 is 10.6 Å². The first-order chi connectivity index (χ1) is 9.95. The van der Waals surface area contributed by atoms with Gasteiger partial charge in [-0.1, -0.05) is 17.7 Å². The lowest BCUT2D eigenvalue weighted by atomic mass is 10.2. The van der Waals surface area contributed by atoms with E-state index in [2.05, 4.69) is 10.6 Å². The van der Waals surface area contributed by atoms with Crippen molar-refractivity contribution in [2.45, 2.75) is 6.92 Å². The molecule has 0 spiro atoms. The molecular weight excluding hydrogens is 294 g/mol. The Kier molecular flexibility index (Phi) is 4.39. The summed E-state index contributed by atoms with van der Waals surface area (Å²) in [6, 6.07) is 10.4. The summed E-state index contributed by atoms with van der Waals surface area (Å²) >= 11 is 5.75. The number of halogens is 1. The Balaban J connectivity index is 2.10. The molecule has 2 N–H and O–H groups in total. The van der Waals surface area contributed by atoms with E-state index in [0.29, 0.717) is 16.4 Å². The second kappa shape index (κ2) is 6.23. The minimum Gasteiger partial charge on any atom is -0.308 e. The third-order valence-corrected chi connectivity index (χ3v) is 3.03. The number of nitro benzene ring substituents is 1. The SMILES string of the molecule is Cc1ccc([N+](=O)[O-])cc1NC(=O)Nc1ccc(Cl)cc1. The topological polar surface area (TPSA) is 84.3 Å². The van der Waals surface area contributed by atoms with Gasteiger partial charge in [0.25, 0.3) is 5.69 Å². The van der Waals surface area contributed by atoms with Crippen LogP contribution in [0, 0.1) is 17.0 Å². The summed E-state index contributed by atoms with van der Waals surface area (Å²) in [4.78, 5) is 22.1. The number of carbonyl (C=O) groups is 1. The molecule has 2 aromatic rings. The molecular formula is C14H12ClN3O3. The van der Waals surface area contributed by atoms with Crippen molar-refractivity contribution in [1.29, 1.82) is 0 Å². The van der Waals surface area contributed by atoms with E-state index in [1.165, 1.54) is 12.1 Å². The van der Waals surface area contributed by atoms with Crippen molar-refractivity contribution in [3.63, 3.8) is 0 Å². The van der Waals surface area contributed by atoms with E-state index in [1.807, 2.05) is 0 Å². The number of non-ortho nitro benzene ring substituents is 1. The summed E-state index contributed by atoms with van der Waals surface area (Å²) in [7, 11) is 0. The van der Waals surface area contributed by atoms with E-state index in [-0.39, 0.29) is 5.69 Å². The van der Waals surface area contributed by atoms with Crippen molar-refractivity contribution in [2.75, 3.05) is 10.6 Å². The monoisotopic (exact) mass is 305 g/mol. The summed E-state index contributed by atoms with van der Waals surface area (Å²) in [5, 5.41) is 16.5. The average Bonchev–Trinajstić information content (AvgIpc) is 2.43. The van der Waals surface area contributed by atoms with E-state index in [4.69, 9.17) is 11.6 Å². The molecule has 0 fully saturated rings. The third kappa shape index (κ3) is 3.93. The summed E-state index contributed by atoms with van der Waals surface area (Å²) < 4.78 is 0. The standard InChI is InChI=1S/C14H12ClN3O3/c1-9-2-7-12(18(20)21)8-13(9)17-14(19)16-11-5-3-10(15)4-6-11/h2-8H,1H3,(H2,16,17,19). The summed E-state index contributed by atoms with van der Waals surface area (Å²) in [5.41, 5.74) is 1.60. The predicted octanol–water partition coefficient (Wildman–Crippen LogP) is 4.20. The molecule has 6 nitrogen and oxygen atoms in total. The number of hydrogen-bond acceptors (Lipinski definition) is 3. The zero-order valence-corrected chi connectivity index (χ0v) is 11.8. The summed E-state index contributed by atoms with van der Waals surface area (Å²) in [6.07, 6.45) is 0. The van der Waals surface area contributed by atoms with E-state index >= 15 is 0 Å². The fourth-order valence-corrected chi connectivity index (χ4v) is 1.80. The van der Waals surface area contributed by atoms with Crippen molar-refractivity contribution in [3.05, 3.63) is 63.2 Å². The Hall–Kier alpha value is -2.60. The van der Waals surface area contributed by atoms with Crippen LogP contribution in [0.4, 0.5) is 21.9 Å². The number of carbonyl (C=O) groups excluding carboxylic acids is 1. The zero-order valence-electron chi connectivity index (χ0n) is 11.1. The molecule has 0 aliphatic carbocycles. The highest BCUT2D eigenvalue weighted by molar-refractivity contribution is 6.30. The first-order valence-electron chi connectivity index (χ1n) is 6.04. The van der Waals surface area contributed by atoms with Crippen LogP contribution in [-0.4, -0.2) is 11.0 Å². The van der Waals surface area contributed by atoms with Gasteiger partial charge in [0.1, 0.15) is 0 Å². The number of hydrogen-bond donors (Lipinski definition) is 2. The van der Waals surface area contributed by atoms with Crippen LogP contribution >= 0.6 is 11.6 Å². The number of urea groups is 1. The molecule has 108 valence electrons. The van der Waals surface area contributed by atoms with Crippen molar-refractivity contribution in [3.8, 4) is 0 Å². The first kappa shape index (κ1) is 14.8. The maximum Gasteiger partial charge on any atom is 0.323 e. The molecule has 7 heteroatoms. The van der Waals surface area contributed by atoms with Crippen LogP contribution in [0.15, 0.2) is 42.5 Å². The van der Waals surface area contributed by atoms with E-state index < -0.39 is 11.0 Å². The Bertz CT molecular complexity index is 686. The van der Waals surface area contributed by atoms with Gasteiger partial charge in [0.05, 0.1) is 10.6 Å². The molecule has 0 aliphatic rings. The molecule has 0 unspecified atom stereocenters. The Morgan fingerprint density at radius 2 is 1.81 bits per heavy atom. The van der Waals surface area contributed by atoms with Crippen molar-refractivity contribution >= 4 is 34.7 Å². The second-order valence-electron chi connectivity index (χ2n) is 4.34. The van der Waals surface area contributed by atoms with Gasteiger partial charge in [0.2, 0.25) is 0 Å². The molecule has 2 amide bonds. The first-order valence-corrected chi connectivity index (χ1v) is 6.42. The molecule has 0 radical (unpaired) electrons. The zero-order chi connectivity index (χ0) is 15.4. The van der Waals surface area contributed by atoms with Gasteiger partial charge in [-0.05, 0) is 36.8 Å². The normalized spacial score (nSPS) is 10.0. The Labute approximate surface area is 125 Å².